The van der Waals surface area contributed by atoms with Crippen molar-refractivity contribution in [1.29, 1.82) is 0 Å². The first-order valence-electron chi connectivity index (χ1n) is 3.39. The summed E-state index contributed by atoms with van der Waals surface area (Å²) in [6.07, 6.45) is 0. The van der Waals surface area contributed by atoms with Gasteiger partial charge in [-0.15, -0.1) is 12.6 Å². The Morgan fingerprint density at radius 1 is 0.833 bits per heavy atom. The third-order valence-corrected chi connectivity index (χ3v) is 2.49. The molecule has 0 radical (unpaired) electrons. The van der Waals surface area contributed by atoms with E-state index < -0.39 is 5.75 Å². The van der Waals surface area contributed by atoms with Gasteiger partial charge in [-0.25, -0.2) is 0 Å². The number of phenols is 3. The molecule has 0 heterocycles. The second-order valence-electron chi connectivity index (χ2n) is 2.64. The second kappa shape index (κ2) is 2.79. The average molecular weight is 186 g/mol. The van der Waals surface area contributed by atoms with E-state index in [0.29, 0.717) is 16.0 Å². The van der Waals surface area contributed by atoms with E-state index in [2.05, 4.69) is 12.6 Å². The summed E-state index contributed by atoms with van der Waals surface area (Å²) in [5, 5.41) is 27.6. The molecule has 1 aromatic carbocycles. The summed E-state index contributed by atoms with van der Waals surface area (Å²) < 4.78 is 0. The zero-order valence-electron chi connectivity index (χ0n) is 6.79. The van der Waals surface area contributed by atoms with E-state index in [1.165, 1.54) is 0 Å². The van der Waals surface area contributed by atoms with Gasteiger partial charge >= 0.3 is 0 Å². The summed E-state index contributed by atoms with van der Waals surface area (Å²) in [5.74, 6) is -1.18. The first-order chi connectivity index (χ1) is 5.46. The van der Waals surface area contributed by atoms with Gasteiger partial charge in [0.15, 0.2) is 11.5 Å². The molecule has 0 aliphatic rings. The van der Waals surface area contributed by atoms with Gasteiger partial charge in [-0.3, -0.25) is 0 Å². The predicted octanol–water partition coefficient (Wildman–Crippen LogP) is 1.71. The molecule has 0 amide bonds. The molecule has 12 heavy (non-hydrogen) atoms. The van der Waals surface area contributed by atoms with Crippen LogP contribution in [0.2, 0.25) is 0 Å². The zero-order valence-corrected chi connectivity index (χ0v) is 7.68. The van der Waals surface area contributed by atoms with Gasteiger partial charge in [-0.05, 0) is 25.0 Å². The van der Waals surface area contributed by atoms with Crippen LogP contribution < -0.4 is 0 Å². The van der Waals surface area contributed by atoms with Gasteiger partial charge in [0.25, 0.3) is 0 Å². The van der Waals surface area contributed by atoms with Crippen molar-refractivity contribution in [3.8, 4) is 17.2 Å². The molecule has 0 bridgehead atoms. The Balaban J connectivity index is 3.60. The lowest BCUT2D eigenvalue weighted by molar-refractivity contribution is 0.359. The van der Waals surface area contributed by atoms with Gasteiger partial charge < -0.3 is 15.3 Å². The molecule has 3 N–H and O–H groups in total. The van der Waals surface area contributed by atoms with Crippen molar-refractivity contribution in [3.05, 3.63) is 11.1 Å². The lowest BCUT2D eigenvalue weighted by Crippen LogP contribution is -1.86. The van der Waals surface area contributed by atoms with E-state index in [-0.39, 0.29) is 11.5 Å². The minimum Gasteiger partial charge on any atom is -0.504 e. The van der Waals surface area contributed by atoms with Crippen LogP contribution in [-0.2, 0) is 0 Å². The number of benzene rings is 1. The molecule has 1 rings (SSSR count). The maximum absolute atomic E-state index is 9.25. The van der Waals surface area contributed by atoms with E-state index in [0.717, 1.165) is 0 Å². The van der Waals surface area contributed by atoms with Crippen LogP contribution in [0.3, 0.4) is 0 Å². The largest absolute Gasteiger partial charge is 0.504 e. The SMILES string of the molecule is Cc1c(C)c(S)c(O)c(O)c1O. The highest BCUT2D eigenvalue weighted by Gasteiger charge is 2.15. The first-order valence-corrected chi connectivity index (χ1v) is 3.84. The van der Waals surface area contributed by atoms with Crippen molar-refractivity contribution in [2.45, 2.75) is 18.7 Å². The molecule has 0 spiro atoms. The molecule has 0 atom stereocenters. The molecule has 1 aromatic rings. The topological polar surface area (TPSA) is 60.7 Å². The van der Waals surface area contributed by atoms with Gasteiger partial charge in [0.1, 0.15) is 0 Å². The van der Waals surface area contributed by atoms with Crippen molar-refractivity contribution < 1.29 is 15.3 Å². The van der Waals surface area contributed by atoms with Crippen molar-refractivity contribution in [1.82, 2.24) is 0 Å². The van der Waals surface area contributed by atoms with Crippen LogP contribution in [0.25, 0.3) is 0 Å². The van der Waals surface area contributed by atoms with Crippen molar-refractivity contribution in [2.24, 2.45) is 0 Å². The number of rotatable bonds is 0. The van der Waals surface area contributed by atoms with E-state index in [9.17, 15) is 10.2 Å². The minimum atomic E-state index is -0.511. The molecule has 0 unspecified atom stereocenters. The van der Waals surface area contributed by atoms with Crippen molar-refractivity contribution in [3.63, 3.8) is 0 Å². The molecule has 0 fully saturated rings. The third-order valence-electron chi connectivity index (χ3n) is 1.95. The fraction of sp³-hybridized carbons (Fsp3) is 0.250. The van der Waals surface area contributed by atoms with Gasteiger partial charge in [0.2, 0.25) is 5.75 Å². The summed E-state index contributed by atoms with van der Waals surface area (Å²) in [5.41, 5.74) is 1.18. The van der Waals surface area contributed by atoms with E-state index >= 15 is 0 Å². The molecule has 3 nitrogen and oxygen atoms in total. The molecular formula is C8H10O3S. The van der Waals surface area contributed by atoms with Gasteiger partial charge in [0.05, 0.1) is 4.90 Å². The predicted molar refractivity (Wildman–Crippen MR) is 48.2 cm³/mol. The number of hydrogen-bond acceptors (Lipinski definition) is 4. The first kappa shape index (κ1) is 9.06. The van der Waals surface area contributed by atoms with Crippen molar-refractivity contribution >= 4 is 12.6 Å². The summed E-state index contributed by atoms with van der Waals surface area (Å²) in [6, 6.07) is 0. The molecular weight excluding hydrogens is 176 g/mol. The Morgan fingerprint density at radius 2 is 1.33 bits per heavy atom. The average Bonchev–Trinajstić information content (AvgIpc) is 2.08. The van der Waals surface area contributed by atoms with E-state index in [4.69, 9.17) is 5.11 Å². The maximum Gasteiger partial charge on any atom is 0.201 e. The maximum atomic E-state index is 9.25. The Kier molecular flexibility index (Phi) is 2.10. The van der Waals surface area contributed by atoms with Crippen LogP contribution in [0.5, 0.6) is 17.2 Å². The molecule has 0 aliphatic carbocycles. The van der Waals surface area contributed by atoms with Gasteiger partial charge in [-0.1, -0.05) is 0 Å². The van der Waals surface area contributed by atoms with Gasteiger partial charge in [0, 0.05) is 0 Å². The van der Waals surface area contributed by atoms with Gasteiger partial charge in [-0.2, -0.15) is 0 Å². The van der Waals surface area contributed by atoms with Crippen LogP contribution in [0.15, 0.2) is 4.90 Å². The Labute approximate surface area is 75.7 Å². The summed E-state index contributed by atoms with van der Waals surface area (Å²) in [7, 11) is 0. The van der Waals surface area contributed by atoms with Crippen LogP contribution in [-0.4, -0.2) is 15.3 Å². The monoisotopic (exact) mass is 186 g/mol. The summed E-state index contributed by atoms with van der Waals surface area (Å²) in [6.45, 7) is 3.35. The minimum absolute atomic E-state index is 0.289. The smallest absolute Gasteiger partial charge is 0.201 e. The Morgan fingerprint density at radius 3 is 1.83 bits per heavy atom. The molecule has 0 aliphatic heterocycles. The molecule has 0 saturated heterocycles. The quantitative estimate of drug-likeness (QED) is 0.368. The van der Waals surface area contributed by atoms with E-state index in [1.54, 1.807) is 13.8 Å². The lowest BCUT2D eigenvalue weighted by atomic mass is 10.1. The van der Waals surface area contributed by atoms with Crippen LogP contribution in [0.4, 0.5) is 0 Å². The van der Waals surface area contributed by atoms with Crippen LogP contribution >= 0.6 is 12.6 Å². The summed E-state index contributed by atoms with van der Waals surface area (Å²) >= 11 is 3.98. The molecule has 0 aromatic heterocycles. The highest BCUT2D eigenvalue weighted by Crippen LogP contribution is 2.43. The fourth-order valence-corrected chi connectivity index (χ4v) is 1.21. The Hall–Kier alpha value is -1.03. The highest BCUT2D eigenvalue weighted by atomic mass is 32.1. The number of aromatic hydroxyl groups is 3. The molecule has 0 saturated carbocycles. The van der Waals surface area contributed by atoms with E-state index in [1.807, 2.05) is 0 Å². The third kappa shape index (κ3) is 1.08. The normalized spacial score (nSPS) is 10.2. The summed E-state index contributed by atoms with van der Waals surface area (Å²) in [4.78, 5) is 0.294. The van der Waals surface area contributed by atoms with Crippen LogP contribution in [0, 0.1) is 13.8 Å². The standard InChI is InChI=1S/C8H10O3S/c1-3-4(2)8(12)7(11)6(10)5(3)9/h9-12H,1-2H3. The highest BCUT2D eigenvalue weighted by molar-refractivity contribution is 7.80. The zero-order chi connectivity index (χ0) is 9.46. The van der Waals surface area contributed by atoms with Crippen LogP contribution in [0.1, 0.15) is 11.1 Å². The fourth-order valence-electron chi connectivity index (χ4n) is 0.935. The number of phenolic OH excluding ortho intramolecular Hbond substituents is 3. The number of hydrogen-bond donors (Lipinski definition) is 4. The number of thiol groups is 1. The second-order valence-corrected chi connectivity index (χ2v) is 3.09. The van der Waals surface area contributed by atoms with Crippen molar-refractivity contribution in [2.75, 3.05) is 0 Å². The lowest BCUT2D eigenvalue weighted by Gasteiger charge is -2.10. The molecule has 66 valence electrons. The molecule has 4 heteroatoms. The Bertz CT molecular complexity index is 229.